The van der Waals surface area contributed by atoms with Gasteiger partial charge in [-0.15, -0.1) is 0 Å². The quantitative estimate of drug-likeness (QED) is 0.442. The summed E-state index contributed by atoms with van der Waals surface area (Å²) < 4.78 is 11.9. The molecule has 1 aliphatic heterocycles. The van der Waals surface area contributed by atoms with E-state index < -0.39 is 5.97 Å². The minimum absolute atomic E-state index is 0.00760. The van der Waals surface area contributed by atoms with Crippen molar-refractivity contribution < 1.29 is 19.4 Å². The lowest BCUT2D eigenvalue weighted by atomic mass is 9.88. The molecule has 2 aliphatic rings. The Morgan fingerprint density at radius 2 is 1.79 bits per heavy atom. The van der Waals surface area contributed by atoms with Gasteiger partial charge in [0.1, 0.15) is 17.6 Å². The van der Waals surface area contributed by atoms with Gasteiger partial charge in [0.05, 0.1) is 13.5 Å². The van der Waals surface area contributed by atoms with E-state index in [1.165, 1.54) is 5.56 Å². The van der Waals surface area contributed by atoms with Crippen LogP contribution in [0.25, 0.3) is 11.1 Å². The molecule has 1 heterocycles. The molecule has 170 valence electrons. The van der Waals surface area contributed by atoms with E-state index in [1.807, 2.05) is 6.92 Å². The molecule has 0 spiro atoms. The van der Waals surface area contributed by atoms with Gasteiger partial charge in [-0.2, -0.15) is 0 Å². The maximum atomic E-state index is 11.4. The summed E-state index contributed by atoms with van der Waals surface area (Å²) >= 11 is 0. The minimum atomic E-state index is -0.727. The molecule has 1 N–H and O–H groups in total. The second-order valence-electron chi connectivity index (χ2n) is 9.36. The fourth-order valence-corrected chi connectivity index (χ4v) is 4.98. The van der Waals surface area contributed by atoms with Gasteiger partial charge in [0.15, 0.2) is 0 Å². The average Bonchev–Trinajstić information content (AvgIpc) is 3.67. The number of carbonyl (C=O) groups is 1. The monoisotopic (exact) mass is 442 g/mol. The lowest BCUT2D eigenvalue weighted by Gasteiger charge is -2.28. The van der Waals surface area contributed by atoms with Crippen molar-refractivity contribution in [1.82, 2.24) is 0 Å². The summed E-state index contributed by atoms with van der Waals surface area (Å²) in [7, 11) is 1.70. The molecule has 33 heavy (non-hydrogen) atoms. The summed E-state index contributed by atoms with van der Waals surface area (Å²) in [5.74, 6) is 1.66. The topological polar surface area (TPSA) is 55.8 Å². The van der Waals surface area contributed by atoms with Gasteiger partial charge in [-0.25, -0.2) is 0 Å². The molecular weight excluding hydrogens is 412 g/mol. The second-order valence-corrected chi connectivity index (χ2v) is 9.36. The fourth-order valence-electron chi connectivity index (χ4n) is 4.98. The summed E-state index contributed by atoms with van der Waals surface area (Å²) in [5.41, 5.74) is 6.88. The number of hydrogen-bond donors (Lipinski definition) is 1. The Kier molecular flexibility index (Phi) is 5.84. The van der Waals surface area contributed by atoms with Crippen LogP contribution >= 0.6 is 0 Å². The summed E-state index contributed by atoms with van der Waals surface area (Å²) in [6.07, 6.45) is 4.34. The first kappa shape index (κ1) is 21.6. The zero-order valence-corrected chi connectivity index (χ0v) is 19.2. The van der Waals surface area contributed by atoms with Gasteiger partial charge in [-0.05, 0) is 90.0 Å². The first-order chi connectivity index (χ1) is 16.0. The van der Waals surface area contributed by atoms with E-state index in [0.29, 0.717) is 5.92 Å². The zero-order chi connectivity index (χ0) is 22.9. The zero-order valence-electron chi connectivity index (χ0n) is 19.2. The van der Waals surface area contributed by atoms with Crippen LogP contribution in [0.3, 0.4) is 0 Å². The van der Waals surface area contributed by atoms with Crippen molar-refractivity contribution >= 4 is 5.97 Å². The molecule has 4 nitrogen and oxygen atoms in total. The Balaban J connectivity index is 1.35. The molecule has 3 aromatic carbocycles. The Bertz CT molecular complexity index is 1160. The number of hydrogen-bond acceptors (Lipinski definition) is 3. The van der Waals surface area contributed by atoms with Crippen molar-refractivity contribution in [2.24, 2.45) is 5.92 Å². The first-order valence-electron chi connectivity index (χ1n) is 11.8. The number of aliphatic carboxylic acids is 1. The maximum absolute atomic E-state index is 11.4. The van der Waals surface area contributed by atoms with Gasteiger partial charge in [0.2, 0.25) is 0 Å². The van der Waals surface area contributed by atoms with Crippen LogP contribution in [0.4, 0.5) is 0 Å². The second kappa shape index (κ2) is 8.93. The molecule has 1 unspecified atom stereocenters. The van der Waals surface area contributed by atoms with Crippen LogP contribution in [0.1, 0.15) is 60.0 Å². The number of carboxylic acids is 1. The highest BCUT2D eigenvalue weighted by Crippen LogP contribution is 2.46. The first-order valence-corrected chi connectivity index (χ1v) is 11.8. The molecule has 4 heteroatoms. The van der Waals surface area contributed by atoms with Gasteiger partial charge >= 0.3 is 5.97 Å². The smallest absolute Gasteiger partial charge is 0.303 e. The standard InChI is InChI=1S/C29H30O4/c1-18-3-4-23(15-27(18)32-2)19-5-9-21(10-6-19)26-14-13-22-11-12-24(16-28(22)33-26)25(17-29(30)31)20-7-8-20/h3-6,9-12,15-16,20,25-26H,7-8,13-14,17H2,1-2H3,(H,30,31)/t25-,26?/m0/s1. The molecule has 1 saturated carbocycles. The molecule has 3 aromatic rings. The molecule has 5 rings (SSSR count). The Labute approximate surface area is 195 Å². The van der Waals surface area contributed by atoms with Crippen molar-refractivity contribution in [2.75, 3.05) is 7.11 Å². The number of benzene rings is 3. The third-order valence-electron chi connectivity index (χ3n) is 7.07. The Hall–Kier alpha value is -3.27. The molecule has 1 fully saturated rings. The number of methoxy groups -OCH3 is 1. The van der Waals surface area contributed by atoms with Crippen molar-refractivity contribution in [1.29, 1.82) is 0 Å². The molecule has 0 aromatic heterocycles. The molecule has 0 saturated heterocycles. The molecule has 1 aliphatic carbocycles. The van der Waals surface area contributed by atoms with Gasteiger partial charge < -0.3 is 14.6 Å². The summed E-state index contributed by atoms with van der Waals surface area (Å²) in [6.45, 7) is 2.05. The molecule has 0 bridgehead atoms. The maximum Gasteiger partial charge on any atom is 0.303 e. The van der Waals surface area contributed by atoms with E-state index in [2.05, 4.69) is 60.7 Å². The molecular formula is C29H30O4. The van der Waals surface area contributed by atoms with E-state index in [-0.39, 0.29) is 18.4 Å². The predicted molar refractivity (Wildman–Crippen MR) is 129 cm³/mol. The van der Waals surface area contributed by atoms with Crippen LogP contribution in [0.2, 0.25) is 0 Å². The van der Waals surface area contributed by atoms with E-state index in [4.69, 9.17) is 9.47 Å². The van der Waals surface area contributed by atoms with Crippen LogP contribution in [-0.2, 0) is 11.2 Å². The number of rotatable bonds is 7. The molecule has 0 radical (unpaired) electrons. The lowest BCUT2D eigenvalue weighted by molar-refractivity contribution is -0.137. The van der Waals surface area contributed by atoms with Crippen molar-refractivity contribution in [2.45, 2.75) is 51.0 Å². The van der Waals surface area contributed by atoms with Crippen molar-refractivity contribution in [3.8, 4) is 22.6 Å². The normalized spacial score (nSPS) is 18.2. The van der Waals surface area contributed by atoms with Crippen LogP contribution in [-0.4, -0.2) is 18.2 Å². The largest absolute Gasteiger partial charge is 0.496 e. The van der Waals surface area contributed by atoms with E-state index in [9.17, 15) is 9.90 Å². The molecule has 0 amide bonds. The minimum Gasteiger partial charge on any atom is -0.496 e. The third kappa shape index (κ3) is 4.61. The number of carboxylic acid groups (broad SMARTS) is 1. The highest BCUT2D eigenvalue weighted by molar-refractivity contribution is 5.68. The average molecular weight is 443 g/mol. The van der Waals surface area contributed by atoms with Crippen LogP contribution in [0, 0.1) is 12.8 Å². The third-order valence-corrected chi connectivity index (χ3v) is 7.07. The predicted octanol–water partition coefficient (Wildman–Crippen LogP) is 6.71. The summed E-state index contributed by atoms with van der Waals surface area (Å²) in [5, 5.41) is 9.36. The van der Waals surface area contributed by atoms with Crippen LogP contribution in [0.15, 0.2) is 60.7 Å². The number of fused-ring (bicyclic) bond motifs is 1. The fraction of sp³-hybridized carbons (Fsp3) is 0.345. The van der Waals surface area contributed by atoms with Gasteiger partial charge in [-0.1, -0.05) is 48.5 Å². The van der Waals surface area contributed by atoms with E-state index in [0.717, 1.165) is 65.0 Å². The number of ether oxygens (including phenoxy) is 2. The van der Waals surface area contributed by atoms with Crippen LogP contribution in [0.5, 0.6) is 11.5 Å². The highest BCUT2D eigenvalue weighted by Gasteiger charge is 2.34. The van der Waals surface area contributed by atoms with Crippen molar-refractivity contribution in [3.63, 3.8) is 0 Å². The Morgan fingerprint density at radius 1 is 1.03 bits per heavy atom. The van der Waals surface area contributed by atoms with E-state index in [1.54, 1.807) is 7.11 Å². The highest BCUT2D eigenvalue weighted by atomic mass is 16.5. The number of aryl methyl sites for hydroxylation is 2. The van der Waals surface area contributed by atoms with Gasteiger partial charge in [0.25, 0.3) is 0 Å². The van der Waals surface area contributed by atoms with Crippen molar-refractivity contribution in [3.05, 3.63) is 82.9 Å². The SMILES string of the molecule is COc1cc(-c2ccc(C3CCc4ccc([C@@H](CC(=O)O)C5CC5)cc4O3)cc2)ccc1C. The summed E-state index contributed by atoms with van der Waals surface area (Å²) in [6, 6.07) is 21.2. The van der Waals surface area contributed by atoms with Gasteiger partial charge in [0, 0.05) is 0 Å². The molecule has 2 atom stereocenters. The lowest BCUT2D eigenvalue weighted by Crippen LogP contribution is -2.16. The van der Waals surface area contributed by atoms with Gasteiger partial charge in [-0.3, -0.25) is 4.79 Å². The summed E-state index contributed by atoms with van der Waals surface area (Å²) in [4.78, 5) is 11.4. The van der Waals surface area contributed by atoms with E-state index >= 15 is 0 Å². The van der Waals surface area contributed by atoms with Crippen LogP contribution < -0.4 is 9.47 Å². The Morgan fingerprint density at radius 3 is 2.48 bits per heavy atom.